The van der Waals surface area contributed by atoms with Crippen LogP contribution in [0, 0.1) is 0 Å². The van der Waals surface area contributed by atoms with E-state index in [0.29, 0.717) is 0 Å². The Morgan fingerprint density at radius 1 is 0.176 bits per heavy atom. The molecule has 0 bridgehead atoms. The molecule has 0 aliphatic carbocycles. The zero-order valence-electron chi connectivity index (χ0n) is 7.49. The monoisotopic (exact) mass is 991 g/mol. The number of hydrogen-bond acceptors (Lipinski definition) is 0. The summed E-state index contributed by atoms with van der Waals surface area (Å²) < 4.78 is 0. The molecule has 0 atom stereocenters. The summed E-state index contributed by atoms with van der Waals surface area (Å²) in [7, 11) is 0. The Balaban J connectivity index is 0. The number of hydrogen-bond donors (Lipinski definition) is 0. The van der Waals surface area contributed by atoms with E-state index in [1.165, 1.54) is 0 Å². The van der Waals surface area contributed by atoms with Crippen LogP contribution in [-0.4, -0.2) is 0 Å². The Labute approximate surface area is 195 Å². The predicted octanol–water partition coefficient (Wildman–Crippen LogP) is 3.16. The van der Waals surface area contributed by atoms with Crippen LogP contribution in [0.2, 0.25) is 0 Å². The van der Waals surface area contributed by atoms with Gasteiger partial charge in [0.1, 0.15) is 0 Å². The van der Waals surface area contributed by atoms with Crippen LogP contribution in [0.3, 0.4) is 0 Å². The molecule has 0 aliphatic rings. The van der Waals surface area contributed by atoms with Gasteiger partial charge in [-0.05, 0) is 0 Å². The van der Waals surface area contributed by atoms with E-state index >= 15 is 0 Å². The maximum absolute atomic E-state index is 0. The van der Waals surface area contributed by atoms with Gasteiger partial charge in [0.25, 0.3) is 0 Å². The molecule has 0 aliphatic heterocycles. The van der Waals surface area contributed by atoms with E-state index in [1.54, 1.807) is 0 Å². The second kappa shape index (κ2) is 477. The van der Waals surface area contributed by atoms with Crippen LogP contribution in [0.4, 0.5) is 0 Å². The van der Waals surface area contributed by atoms with E-state index < -0.39 is 0 Å². The average Bonchev–Trinajstić information content (AvgIpc) is 0. The van der Waals surface area contributed by atoms with Gasteiger partial charge >= 0.3 is 130 Å². The van der Waals surface area contributed by atoms with Gasteiger partial charge in [-0.25, -0.2) is 0 Å². The van der Waals surface area contributed by atoms with E-state index in [-0.39, 0.29) is 198 Å². The quantitative estimate of drug-likeness (QED) is 0.316. The first-order chi connectivity index (χ1) is 0. The Hall–Kier alpha value is 3.85. The van der Waals surface area contributed by atoms with Crippen LogP contribution in [0.5, 0.6) is 0 Å². The Bertz CT molecular complexity index is 21.9. The van der Waals surface area contributed by atoms with Crippen molar-refractivity contribution in [2.24, 2.45) is 0 Å². The molecule has 0 N–H and O–H groups in total. The molecule has 0 aromatic rings. The fourth-order valence-corrected chi connectivity index (χ4v) is 0. The van der Waals surface area contributed by atoms with E-state index in [4.69, 9.17) is 0 Å². The largest absolute Gasteiger partial charge is 6.00 e. The van der Waals surface area contributed by atoms with Crippen molar-refractivity contribution in [1.82, 2.24) is 0 Å². The normalized spacial score (nSPS) is 0. The van der Waals surface area contributed by atoms with E-state index in [1.807, 2.05) is 0 Å². The summed E-state index contributed by atoms with van der Waals surface area (Å²) >= 11 is 0. The zero-order chi connectivity index (χ0) is 0. The van der Waals surface area contributed by atoms with Crippen LogP contribution in [-0.2, 0) is 130 Å². The zero-order valence-corrected chi connectivity index (χ0v) is 23.1. The molecule has 17 heavy (non-hydrogen) atoms. The van der Waals surface area contributed by atoms with Gasteiger partial charge in [0.05, 0.1) is 0 Å². The minimum atomic E-state index is 0. The van der Waals surface area contributed by atoms with Gasteiger partial charge in [0.2, 0.25) is 0 Å². The first kappa shape index (κ1) is 555. The van der Waals surface area contributed by atoms with Crippen LogP contribution in [0.25, 0.3) is 67.7 Å². The smallest absolute Gasteiger partial charge is 3.00 e. The van der Waals surface area contributed by atoms with Crippen molar-refractivity contribution in [3.05, 3.63) is 67.7 Å². The predicted molar refractivity (Wildman–Crippen MR) is 36.9 cm³/mol. The van der Waals surface area contributed by atoms with E-state index in [2.05, 4.69) is 0 Å². The van der Waals surface area contributed by atoms with Crippen molar-refractivity contribution in [2.45, 2.75) is 0 Å². The summed E-state index contributed by atoms with van der Waals surface area (Å²) in [6.45, 7) is 0. The summed E-state index contributed by atoms with van der Waals surface area (Å²) in [5, 5.41) is 0. The standard InChI is InChI=1S/3Mo.11N.3Ta/q3*+6;11*-3;3*+5. The Kier molecular flexibility index (Phi) is 15600. The molecule has 0 saturated heterocycles. The first-order valence-corrected chi connectivity index (χ1v) is 0. The third-order valence-electron chi connectivity index (χ3n) is 0. The Morgan fingerprint density at radius 3 is 0.176 bits per heavy atom. The molecule has 17 heteroatoms. The van der Waals surface area contributed by atoms with Crippen LogP contribution < -0.4 is 0 Å². The van der Waals surface area contributed by atoms with Gasteiger partial charge in [0, 0.05) is 0 Å². The van der Waals surface area contributed by atoms with Gasteiger partial charge in [0.15, 0.2) is 0 Å². The van der Waals surface area contributed by atoms with Gasteiger partial charge in [-0.1, -0.05) is 0 Å². The van der Waals surface area contributed by atoms with Crippen molar-refractivity contribution in [3.8, 4) is 0 Å². The summed E-state index contributed by atoms with van der Waals surface area (Å²) in [4.78, 5) is 0. The van der Waals surface area contributed by atoms with Crippen molar-refractivity contribution >= 4 is 0 Å². The molecule has 11 nitrogen and oxygen atoms in total. The van der Waals surface area contributed by atoms with E-state index in [9.17, 15) is 0 Å². The number of rotatable bonds is 0. The molecule has 0 radical (unpaired) electrons. The minimum absolute atomic E-state index is 0. The van der Waals surface area contributed by atoms with Crippen molar-refractivity contribution in [1.29, 1.82) is 0 Å². The maximum atomic E-state index is 0. The molecule has 0 heterocycles. The van der Waals surface area contributed by atoms with Crippen LogP contribution in [0.15, 0.2) is 0 Å². The molecule has 0 fully saturated rings. The molecule has 0 amide bonds. The molecule has 88 valence electrons. The molecule has 0 rings (SSSR count). The van der Waals surface area contributed by atoms with Crippen molar-refractivity contribution in [3.63, 3.8) is 0 Å². The van der Waals surface area contributed by atoms with Gasteiger partial charge < -0.3 is 67.7 Å². The minimum Gasteiger partial charge on any atom is -3.00 e. The van der Waals surface area contributed by atoms with Crippen LogP contribution >= 0.6 is 0 Å². The molecular formula is Mo3N11Ta3. The third-order valence-corrected chi connectivity index (χ3v) is 0. The molecule has 0 saturated carbocycles. The van der Waals surface area contributed by atoms with Gasteiger partial charge in [-0.2, -0.15) is 0 Å². The molecular weight excluding hydrogens is 985 g/mol. The second-order valence-corrected chi connectivity index (χ2v) is 0. The average molecular weight is 985 g/mol. The third kappa shape index (κ3) is 427. The van der Waals surface area contributed by atoms with E-state index in [0.717, 1.165) is 0 Å². The summed E-state index contributed by atoms with van der Waals surface area (Å²) in [5.41, 5.74) is 0. The topological polar surface area (TPSA) is 336 Å². The molecule has 0 unspecified atom stereocenters. The molecule has 0 spiro atoms. The fourth-order valence-electron chi connectivity index (χ4n) is 0. The van der Waals surface area contributed by atoms with Gasteiger partial charge in [-0.3, -0.25) is 0 Å². The summed E-state index contributed by atoms with van der Waals surface area (Å²) in [6.07, 6.45) is 0. The molecule has 0 aromatic heterocycles. The fraction of sp³-hybridized carbons (Fsp3) is 0. The molecule has 0 aromatic carbocycles. The summed E-state index contributed by atoms with van der Waals surface area (Å²) in [6, 6.07) is 0. The Morgan fingerprint density at radius 2 is 0.176 bits per heavy atom. The van der Waals surface area contributed by atoms with Crippen LogP contribution in [0.1, 0.15) is 0 Å². The first-order valence-electron chi connectivity index (χ1n) is 0. The van der Waals surface area contributed by atoms with Gasteiger partial charge in [-0.15, -0.1) is 0 Å². The second-order valence-electron chi connectivity index (χ2n) is 0. The SMILES string of the molecule is [Mo+6].[Mo+6].[Mo+6].[N-3].[N-3].[N-3].[N-3].[N-3].[N-3].[N-3].[N-3].[N-3].[N-3].[N-3].[Ta+5].[Ta+5].[Ta+5]. The number of nitrogens with zero attached hydrogens (tertiary/aromatic N) is 11. The van der Waals surface area contributed by atoms with Crippen molar-refractivity contribution in [2.75, 3.05) is 0 Å². The van der Waals surface area contributed by atoms with Crippen molar-refractivity contribution < 1.29 is 130 Å². The maximum Gasteiger partial charge on any atom is 6.00 e. The summed E-state index contributed by atoms with van der Waals surface area (Å²) in [5.74, 6) is 0.